The van der Waals surface area contributed by atoms with E-state index in [1.165, 1.54) is 0 Å². The first-order chi connectivity index (χ1) is 17.4. The Hall–Kier alpha value is -5.04. The van der Waals surface area contributed by atoms with Crippen molar-refractivity contribution in [2.45, 2.75) is 6.92 Å². The van der Waals surface area contributed by atoms with E-state index in [0.717, 1.165) is 56.3 Å². The normalized spacial score (nSPS) is 10.7. The minimum absolute atomic E-state index is 0.619. The number of fused-ring (bicyclic) bond motifs is 1. The Labute approximate surface area is 209 Å². The third kappa shape index (κ3) is 5.05. The summed E-state index contributed by atoms with van der Waals surface area (Å²) in [6, 6.07) is 25.4. The maximum atomic E-state index is 6.32. The number of nitrogens with zero attached hydrogens (tertiary/aromatic N) is 2. The molecule has 0 atom stereocenters. The average Bonchev–Trinajstić information content (AvgIpc) is 2.86. The fourth-order valence-electron chi connectivity index (χ4n) is 3.96. The topological polar surface area (TPSA) is 114 Å². The van der Waals surface area contributed by atoms with Gasteiger partial charge in [0.05, 0.1) is 16.9 Å². The number of anilines is 7. The molecule has 0 bridgehead atoms. The van der Waals surface area contributed by atoms with Gasteiger partial charge in [0.2, 0.25) is 0 Å². The molecule has 2 aromatic heterocycles. The van der Waals surface area contributed by atoms with Crippen molar-refractivity contribution in [1.29, 1.82) is 0 Å². The lowest BCUT2D eigenvalue weighted by Gasteiger charge is -2.15. The fourth-order valence-corrected chi connectivity index (χ4v) is 3.96. The molecule has 0 aliphatic rings. The van der Waals surface area contributed by atoms with Gasteiger partial charge < -0.3 is 27.4 Å². The number of rotatable bonds is 7. The Kier molecular flexibility index (Phi) is 6.11. The number of hydrogen-bond donors (Lipinski definition) is 5. The predicted molar refractivity (Wildman–Crippen MR) is 152 cm³/mol. The number of nitrogen functional groups attached to an aromatic ring is 2. The number of aryl methyl sites for hydroxylation is 1. The van der Waals surface area contributed by atoms with E-state index in [-0.39, 0.29) is 0 Å². The van der Waals surface area contributed by atoms with Gasteiger partial charge in [-0.25, -0.2) is 0 Å². The minimum Gasteiger partial charge on any atom is -0.399 e. The molecular weight excluding hydrogens is 446 g/mol. The number of hydrogen-bond acceptors (Lipinski definition) is 7. The Morgan fingerprint density at radius 3 is 2.25 bits per heavy atom. The van der Waals surface area contributed by atoms with E-state index in [9.17, 15) is 0 Å². The van der Waals surface area contributed by atoms with Crippen LogP contribution in [0.1, 0.15) is 11.3 Å². The van der Waals surface area contributed by atoms with Crippen molar-refractivity contribution < 1.29 is 0 Å². The van der Waals surface area contributed by atoms with Crippen molar-refractivity contribution in [3.63, 3.8) is 0 Å². The molecule has 5 rings (SSSR count). The van der Waals surface area contributed by atoms with Gasteiger partial charge in [0.15, 0.2) is 0 Å². The summed E-state index contributed by atoms with van der Waals surface area (Å²) in [6.07, 6.45) is 3.56. The Balaban J connectivity index is 1.26. The number of nitrogens with one attached hydrogen (secondary N) is 3. The third-order valence-electron chi connectivity index (χ3n) is 5.80. The summed E-state index contributed by atoms with van der Waals surface area (Å²) >= 11 is 0. The summed E-state index contributed by atoms with van der Waals surface area (Å²) in [7, 11) is 0. The van der Waals surface area contributed by atoms with Crippen molar-refractivity contribution in [3.8, 4) is 0 Å². The van der Waals surface area contributed by atoms with Crippen LogP contribution in [-0.2, 0) is 0 Å². The second-order valence-corrected chi connectivity index (χ2v) is 8.55. The number of nitrogens with two attached hydrogens (primary N) is 2. The predicted octanol–water partition coefficient (Wildman–Crippen LogP) is 6.67. The largest absolute Gasteiger partial charge is 0.399 e. The maximum absolute atomic E-state index is 6.32. The highest BCUT2D eigenvalue weighted by Gasteiger charge is 2.07. The molecule has 178 valence electrons. The SMILES string of the molecule is C=C(Nc1ccc(Nc2ccnc(C)c2)cc1N)c1ccc(Nc2ccnc3ccc(N)cc23)cc1. The standard InChI is InChI=1S/C29H27N7/c1-18-15-24(11-13-32-18)35-23-8-10-29(26(31)17-23)34-19(2)20-3-6-22(7-4-20)36-28-12-14-33-27-9-5-21(30)16-25(27)28/h3-17,34H,2,30-31H2,1H3,(H,32,35)(H,33,36). The molecule has 0 aliphatic carbocycles. The zero-order valence-electron chi connectivity index (χ0n) is 19.9. The highest BCUT2D eigenvalue weighted by Crippen LogP contribution is 2.30. The molecule has 7 N–H and O–H groups in total. The highest BCUT2D eigenvalue weighted by molar-refractivity contribution is 5.94. The van der Waals surface area contributed by atoms with E-state index < -0.39 is 0 Å². The lowest BCUT2D eigenvalue weighted by molar-refractivity contribution is 1.20. The van der Waals surface area contributed by atoms with Crippen LogP contribution in [0.3, 0.4) is 0 Å². The molecule has 5 aromatic rings. The van der Waals surface area contributed by atoms with Crippen molar-refractivity contribution in [1.82, 2.24) is 9.97 Å². The van der Waals surface area contributed by atoms with Gasteiger partial charge >= 0.3 is 0 Å². The van der Waals surface area contributed by atoms with Crippen LogP contribution in [0.2, 0.25) is 0 Å². The van der Waals surface area contributed by atoms with E-state index in [1.807, 2.05) is 85.8 Å². The van der Waals surface area contributed by atoms with Gasteiger partial charge in [0.1, 0.15) is 0 Å². The van der Waals surface area contributed by atoms with Crippen molar-refractivity contribution >= 4 is 56.4 Å². The van der Waals surface area contributed by atoms with Crippen LogP contribution >= 0.6 is 0 Å². The number of benzene rings is 3. The van der Waals surface area contributed by atoms with Crippen LogP contribution in [0.15, 0.2) is 97.8 Å². The molecule has 0 saturated heterocycles. The monoisotopic (exact) mass is 473 g/mol. The molecule has 0 aliphatic heterocycles. The molecule has 2 heterocycles. The second kappa shape index (κ2) is 9.68. The van der Waals surface area contributed by atoms with Crippen LogP contribution in [-0.4, -0.2) is 9.97 Å². The number of pyridine rings is 2. The van der Waals surface area contributed by atoms with Gasteiger partial charge in [-0.1, -0.05) is 18.7 Å². The molecule has 0 unspecified atom stereocenters. The third-order valence-corrected chi connectivity index (χ3v) is 5.80. The second-order valence-electron chi connectivity index (χ2n) is 8.55. The van der Waals surface area contributed by atoms with Gasteiger partial charge in [-0.2, -0.15) is 0 Å². The molecule has 3 aromatic carbocycles. The van der Waals surface area contributed by atoms with Crippen LogP contribution in [0, 0.1) is 6.92 Å². The zero-order chi connectivity index (χ0) is 25.1. The van der Waals surface area contributed by atoms with Gasteiger partial charge in [-0.3, -0.25) is 9.97 Å². The lowest BCUT2D eigenvalue weighted by atomic mass is 10.1. The van der Waals surface area contributed by atoms with Gasteiger partial charge in [-0.15, -0.1) is 0 Å². The summed E-state index contributed by atoms with van der Waals surface area (Å²) in [5.74, 6) is 0. The molecular formula is C29H27N7. The first-order valence-corrected chi connectivity index (χ1v) is 11.5. The van der Waals surface area contributed by atoms with Crippen molar-refractivity contribution in [3.05, 3.63) is 109 Å². The average molecular weight is 474 g/mol. The fraction of sp³-hybridized carbons (Fsp3) is 0.0345. The highest BCUT2D eigenvalue weighted by atomic mass is 14.9. The quantitative estimate of drug-likeness (QED) is 0.168. The first-order valence-electron chi connectivity index (χ1n) is 11.5. The summed E-state index contributed by atoms with van der Waals surface area (Å²) in [4.78, 5) is 8.63. The molecule has 7 heteroatoms. The molecule has 0 saturated carbocycles. The molecule has 7 nitrogen and oxygen atoms in total. The Morgan fingerprint density at radius 1 is 0.722 bits per heavy atom. The van der Waals surface area contributed by atoms with Gasteiger partial charge in [0, 0.05) is 57.6 Å². The van der Waals surface area contributed by atoms with E-state index in [2.05, 4.69) is 32.5 Å². The summed E-state index contributed by atoms with van der Waals surface area (Å²) in [6.45, 7) is 6.15. The van der Waals surface area contributed by atoms with Crippen molar-refractivity contribution in [2.24, 2.45) is 0 Å². The van der Waals surface area contributed by atoms with E-state index in [1.54, 1.807) is 12.4 Å². The molecule has 0 amide bonds. The van der Waals surface area contributed by atoms with E-state index >= 15 is 0 Å². The smallest absolute Gasteiger partial charge is 0.0724 e. The molecule has 0 spiro atoms. The Morgan fingerprint density at radius 2 is 1.47 bits per heavy atom. The zero-order valence-corrected chi connectivity index (χ0v) is 19.9. The van der Waals surface area contributed by atoms with E-state index in [4.69, 9.17) is 11.5 Å². The van der Waals surface area contributed by atoms with E-state index in [0.29, 0.717) is 11.4 Å². The van der Waals surface area contributed by atoms with Crippen LogP contribution < -0.4 is 27.4 Å². The summed E-state index contributed by atoms with van der Waals surface area (Å²) in [5.41, 5.74) is 21.7. The molecule has 0 radical (unpaired) electrons. The lowest BCUT2D eigenvalue weighted by Crippen LogP contribution is -2.02. The van der Waals surface area contributed by atoms with Crippen LogP contribution in [0.4, 0.5) is 39.8 Å². The maximum Gasteiger partial charge on any atom is 0.0724 e. The van der Waals surface area contributed by atoms with Crippen LogP contribution in [0.5, 0.6) is 0 Å². The van der Waals surface area contributed by atoms with Gasteiger partial charge in [-0.05, 0) is 79.2 Å². The van der Waals surface area contributed by atoms with Crippen molar-refractivity contribution in [2.75, 3.05) is 27.4 Å². The summed E-state index contributed by atoms with van der Waals surface area (Å²) in [5, 5.41) is 11.1. The first kappa shape index (κ1) is 22.7. The Bertz CT molecular complexity index is 1560. The molecule has 36 heavy (non-hydrogen) atoms. The molecule has 0 fully saturated rings. The number of aromatic nitrogens is 2. The van der Waals surface area contributed by atoms with Gasteiger partial charge in [0.25, 0.3) is 0 Å². The summed E-state index contributed by atoms with van der Waals surface area (Å²) < 4.78 is 0. The minimum atomic E-state index is 0.619. The van der Waals surface area contributed by atoms with Crippen LogP contribution in [0.25, 0.3) is 16.6 Å².